The molecule has 0 spiro atoms. The molecule has 2 heteroatoms. The first-order chi connectivity index (χ1) is 26.0. The molecule has 0 bridgehead atoms. The summed E-state index contributed by atoms with van der Waals surface area (Å²) in [5, 5.41) is 2.55. The molecule has 0 saturated carbocycles. The standard InChI is InChI=1S/C51H40N2/c1-51(2)47-21-13-12-20-43(47)45-33-46-44-31-30-42(32-49(44)53(50(46)34-48(45)51)39-18-10-5-11-19-39)52(40-26-22-37(23-27-40)35-14-6-3-7-15-35)41-28-24-38(25-29-41)36-16-8-4-9-17-36/h3-28,30-34,41H,29H2,1-2H3. The van der Waals surface area contributed by atoms with E-state index in [4.69, 9.17) is 0 Å². The number of aromatic nitrogens is 1. The van der Waals surface area contributed by atoms with Gasteiger partial charge in [0, 0.05) is 33.2 Å². The third-order valence-corrected chi connectivity index (χ3v) is 11.5. The van der Waals surface area contributed by atoms with Crippen molar-refractivity contribution in [2.45, 2.75) is 31.7 Å². The Bertz CT molecular complexity index is 2700. The van der Waals surface area contributed by atoms with Crippen LogP contribution in [0.4, 0.5) is 11.4 Å². The van der Waals surface area contributed by atoms with Crippen molar-refractivity contribution in [3.8, 4) is 27.9 Å². The normalized spacial score (nSPS) is 15.7. The Hall–Kier alpha value is -6.38. The molecule has 7 aromatic carbocycles. The van der Waals surface area contributed by atoms with Gasteiger partial charge < -0.3 is 9.47 Å². The predicted molar refractivity (Wildman–Crippen MR) is 224 cm³/mol. The van der Waals surface area contributed by atoms with Crippen molar-refractivity contribution in [2.75, 3.05) is 4.90 Å². The molecule has 0 N–H and O–H groups in total. The lowest BCUT2D eigenvalue weighted by molar-refractivity contribution is 0.661. The molecule has 1 aromatic heterocycles. The quantitative estimate of drug-likeness (QED) is 0.170. The van der Waals surface area contributed by atoms with Crippen LogP contribution in [0.2, 0.25) is 0 Å². The molecule has 2 aliphatic rings. The molecule has 0 saturated heterocycles. The van der Waals surface area contributed by atoms with E-state index >= 15 is 0 Å². The second-order valence-corrected chi connectivity index (χ2v) is 14.9. The number of hydrogen-bond acceptors (Lipinski definition) is 1. The van der Waals surface area contributed by atoms with Crippen molar-refractivity contribution in [1.29, 1.82) is 0 Å². The van der Waals surface area contributed by atoms with Crippen molar-refractivity contribution in [3.05, 3.63) is 205 Å². The number of anilines is 2. The Labute approximate surface area is 311 Å². The number of para-hydroxylation sites is 1. The lowest BCUT2D eigenvalue weighted by Gasteiger charge is -2.33. The highest BCUT2D eigenvalue weighted by molar-refractivity contribution is 6.12. The fourth-order valence-electron chi connectivity index (χ4n) is 8.83. The summed E-state index contributed by atoms with van der Waals surface area (Å²) in [7, 11) is 0. The number of fused-ring (bicyclic) bond motifs is 6. The van der Waals surface area contributed by atoms with Crippen LogP contribution < -0.4 is 4.90 Å². The summed E-state index contributed by atoms with van der Waals surface area (Å²) < 4.78 is 2.48. The van der Waals surface area contributed by atoms with Gasteiger partial charge in [-0.15, -0.1) is 0 Å². The minimum absolute atomic E-state index is 0.0780. The van der Waals surface area contributed by atoms with Gasteiger partial charge in [0.15, 0.2) is 0 Å². The van der Waals surface area contributed by atoms with Gasteiger partial charge in [-0.1, -0.05) is 153 Å². The van der Waals surface area contributed by atoms with Gasteiger partial charge in [-0.05, 0) is 99.5 Å². The molecule has 2 nitrogen and oxygen atoms in total. The molecule has 254 valence electrons. The first-order valence-corrected chi connectivity index (χ1v) is 18.7. The van der Waals surface area contributed by atoms with Crippen molar-refractivity contribution in [3.63, 3.8) is 0 Å². The molecule has 53 heavy (non-hydrogen) atoms. The predicted octanol–water partition coefficient (Wildman–Crippen LogP) is 13.3. The second-order valence-electron chi connectivity index (χ2n) is 14.9. The van der Waals surface area contributed by atoms with Gasteiger partial charge in [0.05, 0.1) is 17.1 Å². The average Bonchev–Trinajstić information content (AvgIpc) is 3.66. The summed E-state index contributed by atoms with van der Waals surface area (Å²) >= 11 is 0. The zero-order valence-electron chi connectivity index (χ0n) is 30.1. The van der Waals surface area contributed by atoms with Crippen LogP contribution >= 0.6 is 0 Å². The van der Waals surface area contributed by atoms with E-state index in [2.05, 4.69) is 211 Å². The summed E-state index contributed by atoms with van der Waals surface area (Å²) in [5.41, 5.74) is 16.4. The van der Waals surface area contributed by atoms with Crippen molar-refractivity contribution in [1.82, 2.24) is 4.57 Å². The van der Waals surface area contributed by atoms with E-state index in [0.29, 0.717) is 0 Å². The van der Waals surface area contributed by atoms with Crippen molar-refractivity contribution >= 4 is 38.8 Å². The monoisotopic (exact) mass is 680 g/mol. The molecular weight excluding hydrogens is 641 g/mol. The van der Waals surface area contributed by atoms with Crippen LogP contribution in [-0.2, 0) is 5.41 Å². The Balaban J connectivity index is 1.15. The molecule has 1 heterocycles. The summed E-state index contributed by atoms with van der Waals surface area (Å²) in [4.78, 5) is 2.52. The molecular formula is C51H40N2. The maximum atomic E-state index is 2.52. The highest BCUT2D eigenvalue weighted by atomic mass is 15.2. The fraction of sp³-hybridized carbons (Fsp3) is 0.0980. The highest BCUT2D eigenvalue weighted by Crippen LogP contribution is 2.51. The molecule has 0 fully saturated rings. The molecule has 2 aliphatic carbocycles. The van der Waals surface area contributed by atoms with Crippen LogP contribution in [0.25, 0.3) is 55.3 Å². The fourth-order valence-corrected chi connectivity index (χ4v) is 8.83. The van der Waals surface area contributed by atoms with E-state index in [0.717, 1.165) is 6.42 Å². The van der Waals surface area contributed by atoms with Gasteiger partial charge >= 0.3 is 0 Å². The van der Waals surface area contributed by atoms with E-state index in [1.165, 1.54) is 83.4 Å². The Morgan fingerprint density at radius 2 is 1.15 bits per heavy atom. The summed E-state index contributed by atoms with van der Waals surface area (Å²) in [5.74, 6) is 0. The van der Waals surface area contributed by atoms with E-state index in [1.807, 2.05) is 0 Å². The van der Waals surface area contributed by atoms with Gasteiger partial charge in [-0.25, -0.2) is 0 Å². The first-order valence-electron chi connectivity index (χ1n) is 18.7. The van der Waals surface area contributed by atoms with Crippen LogP contribution in [0.15, 0.2) is 188 Å². The van der Waals surface area contributed by atoms with E-state index in [9.17, 15) is 0 Å². The maximum absolute atomic E-state index is 2.52. The number of benzene rings is 7. The summed E-state index contributed by atoms with van der Waals surface area (Å²) in [6.07, 6.45) is 7.98. The minimum Gasteiger partial charge on any atom is -0.334 e. The molecule has 8 aromatic rings. The molecule has 0 aliphatic heterocycles. The topological polar surface area (TPSA) is 8.17 Å². The summed E-state index contributed by atoms with van der Waals surface area (Å²) in [6, 6.07) is 62.4. The number of allylic oxidation sites excluding steroid dienone is 2. The molecule has 1 unspecified atom stereocenters. The zero-order valence-corrected chi connectivity index (χ0v) is 30.1. The first kappa shape index (κ1) is 31.4. The van der Waals surface area contributed by atoms with Gasteiger partial charge in [0.25, 0.3) is 0 Å². The number of hydrogen-bond donors (Lipinski definition) is 0. The smallest absolute Gasteiger partial charge is 0.0561 e. The Kier molecular flexibility index (Phi) is 7.33. The zero-order chi connectivity index (χ0) is 35.5. The van der Waals surface area contributed by atoms with E-state index in [1.54, 1.807) is 0 Å². The maximum Gasteiger partial charge on any atom is 0.0561 e. The second kappa shape index (κ2) is 12.4. The van der Waals surface area contributed by atoms with E-state index in [-0.39, 0.29) is 11.5 Å². The van der Waals surface area contributed by atoms with Gasteiger partial charge in [-0.3, -0.25) is 0 Å². The van der Waals surface area contributed by atoms with Crippen molar-refractivity contribution in [2.24, 2.45) is 0 Å². The minimum atomic E-state index is -0.0780. The average molecular weight is 681 g/mol. The molecule has 0 radical (unpaired) electrons. The Morgan fingerprint density at radius 1 is 0.528 bits per heavy atom. The van der Waals surface area contributed by atoms with E-state index < -0.39 is 0 Å². The van der Waals surface area contributed by atoms with Gasteiger partial charge in [0.1, 0.15) is 0 Å². The number of rotatable bonds is 6. The lowest BCUT2D eigenvalue weighted by Crippen LogP contribution is -2.30. The Morgan fingerprint density at radius 3 is 1.87 bits per heavy atom. The van der Waals surface area contributed by atoms with Crippen LogP contribution in [0.5, 0.6) is 0 Å². The van der Waals surface area contributed by atoms with Gasteiger partial charge in [-0.2, -0.15) is 0 Å². The lowest BCUT2D eigenvalue weighted by atomic mass is 9.82. The largest absolute Gasteiger partial charge is 0.334 e. The van der Waals surface area contributed by atoms with Crippen LogP contribution in [0, 0.1) is 0 Å². The van der Waals surface area contributed by atoms with Crippen LogP contribution in [-0.4, -0.2) is 10.6 Å². The molecule has 1 atom stereocenters. The summed E-state index contributed by atoms with van der Waals surface area (Å²) in [6.45, 7) is 4.74. The van der Waals surface area contributed by atoms with Gasteiger partial charge in [0.2, 0.25) is 0 Å². The van der Waals surface area contributed by atoms with Crippen LogP contribution in [0.1, 0.15) is 37.0 Å². The third kappa shape index (κ3) is 5.17. The SMILES string of the molecule is CC1(C)c2ccccc2-c2cc3c4ccc(N(c5ccc(-c6ccccc6)cc5)C5C=CC(c6ccccc6)=CC5)cc4n(-c4ccccc4)c3cc21. The molecule has 0 amide bonds. The van der Waals surface area contributed by atoms with Crippen LogP contribution in [0.3, 0.4) is 0 Å². The van der Waals surface area contributed by atoms with Crippen molar-refractivity contribution < 1.29 is 0 Å². The number of nitrogens with zero attached hydrogens (tertiary/aromatic N) is 2. The molecule has 10 rings (SSSR count). The third-order valence-electron chi connectivity index (χ3n) is 11.5. The highest BCUT2D eigenvalue weighted by Gasteiger charge is 2.36.